The van der Waals surface area contributed by atoms with Crippen molar-refractivity contribution in [3.63, 3.8) is 0 Å². The van der Waals surface area contributed by atoms with Gasteiger partial charge < -0.3 is 4.90 Å². The van der Waals surface area contributed by atoms with Crippen LogP contribution in [0.5, 0.6) is 0 Å². The number of hydrogen-bond acceptors (Lipinski definition) is 1. The van der Waals surface area contributed by atoms with Crippen molar-refractivity contribution >= 4 is 5.91 Å². The zero-order chi connectivity index (χ0) is 12.3. The molecule has 1 aromatic rings. The highest BCUT2D eigenvalue weighted by atomic mass is 16.2. The lowest BCUT2D eigenvalue weighted by Gasteiger charge is -2.33. The van der Waals surface area contributed by atoms with Crippen LogP contribution in [0.2, 0.25) is 0 Å². The van der Waals surface area contributed by atoms with Gasteiger partial charge in [-0.3, -0.25) is 4.79 Å². The van der Waals surface area contributed by atoms with Gasteiger partial charge in [0.1, 0.15) is 0 Å². The first-order valence-corrected chi connectivity index (χ1v) is 6.62. The van der Waals surface area contributed by atoms with Gasteiger partial charge in [0.25, 0.3) is 5.91 Å². The van der Waals surface area contributed by atoms with Crippen LogP contribution in [0.15, 0.2) is 24.3 Å². The maximum absolute atomic E-state index is 12.3. The Labute approximate surface area is 104 Å². The van der Waals surface area contributed by atoms with Crippen LogP contribution in [0.4, 0.5) is 0 Å². The molecule has 1 aliphatic heterocycles. The fourth-order valence-electron chi connectivity index (χ4n) is 2.45. The number of rotatable bonds is 2. The van der Waals surface area contributed by atoms with Gasteiger partial charge in [-0.05, 0) is 50.3 Å². The molecule has 2 nitrogen and oxygen atoms in total. The molecular formula is C15H21NO. The summed E-state index contributed by atoms with van der Waals surface area (Å²) in [4.78, 5) is 14.4. The minimum atomic E-state index is 0.194. The SMILES string of the molecule is CCc1ccc(C(=O)N2CCCCC2C)cc1. The Morgan fingerprint density at radius 1 is 1.29 bits per heavy atom. The van der Waals surface area contributed by atoms with Crippen molar-refractivity contribution < 1.29 is 4.79 Å². The van der Waals surface area contributed by atoms with Crippen LogP contribution in [0.1, 0.15) is 49.0 Å². The standard InChI is InChI=1S/C15H21NO/c1-3-13-7-9-14(10-8-13)15(17)16-11-5-4-6-12(16)2/h7-10,12H,3-6,11H2,1-2H3. The third-order valence-corrected chi connectivity index (χ3v) is 3.67. The first-order valence-electron chi connectivity index (χ1n) is 6.62. The van der Waals surface area contributed by atoms with E-state index in [1.54, 1.807) is 0 Å². The number of piperidine rings is 1. The summed E-state index contributed by atoms with van der Waals surface area (Å²) in [6, 6.07) is 8.43. The molecule has 1 aromatic carbocycles. The lowest BCUT2D eigenvalue weighted by Crippen LogP contribution is -2.42. The van der Waals surface area contributed by atoms with Crippen LogP contribution in [-0.2, 0) is 6.42 Å². The quantitative estimate of drug-likeness (QED) is 0.765. The Morgan fingerprint density at radius 2 is 2.00 bits per heavy atom. The lowest BCUT2D eigenvalue weighted by atomic mass is 10.0. The highest BCUT2D eigenvalue weighted by Gasteiger charge is 2.23. The molecule has 0 bridgehead atoms. The van der Waals surface area contributed by atoms with Gasteiger partial charge in [0, 0.05) is 18.2 Å². The second-order valence-corrected chi connectivity index (χ2v) is 4.89. The molecule has 0 spiro atoms. The zero-order valence-electron chi connectivity index (χ0n) is 10.8. The molecule has 1 amide bonds. The number of benzene rings is 1. The van der Waals surface area contributed by atoms with Crippen molar-refractivity contribution in [3.05, 3.63) is 35.4 Å². The number of hydrogen-bond donors (Lipinski definition) is 0. The Kier molecular flexibility index (Phi) is 3.82. The van der Waals surface area contributed by atoms with Crippen molar-refractivity contribution in [2.45, 2.75) is 45.6 Å². The average Bonchev–Trinajstić information content (AvgIpc) is 2.39. The molecule has 0 aromatic heterocycles. The summed E-state index contributed by atoms with van der Waals surface area (Å²) < 4.78 is 0. The third kappa shape index (κ3) is 2.68. The summed E-state index contributed by atoms with van der Waals surface area (Å²) in [5.74, 6) is 0.194. The molecule has 1 unspecified atom stereocenters. The van der Waals surface area contributed by atoms with E-state index in [2.05, 4.69) is 26.0 Å². The maximum atomic E-state index is 12.3. The summed E-state index contributed by atoms with van der Waals surface area (Å²) in [5, 5.41) is 0. The molecule has 0 radical (unpaired) electrons. The molecule has 1 fully saturated rings. The molecule has 2 rings (SSSR count). The molecular weight excluding hydrogens is 210 g/mol. The van der Waals surface area contributed by atoms with E-state index >= 15 is 0 Å². The van der Waals surface area contributed by atoms with Crippen LogP contribution in [-0.4, -0.2) is 23.4 Å². The van der Waals surface area contributed by atoms with Gasteiger partial charge >= 0.3 is 0 Å². The average molecular weight is 231 g/mol. The normalized spacial score (nSPS) is 20.4. The monoisotopic (exact) mass is 231 g/mol. The van der Waals surface area contributed by atoms with Gasteiger partial charge in [-0.25, -0.2) is 0 Å². The Morgan fingerprint density at radius 3 is 2.59 bits per heavy atom. The van der Waals surface area contributed by atoms with Gasteiger partial charge in [0.05, 0.1) is 0 Å². The minimum absolute atomic E-state index is 0.194. The molecule has 0 saturated carbocycles. The fraction of sp³-hybridized carbons (Fsp3) is 0.533. The molecule has 1 atom stereocenters. The van der Waals surface area contributed by atoms with Crippen LogP contribution >= 0.6 is 0 Å². The van der Waals surface area contributed by atoms with E-state index in [1.165, 1.54) is 12.0 Å². The second-order valence-electron chi connectivity index (χ2n) is 4.89. The van der Waals surface area contributed by atoms with E-state index in [1.807, 2.05) is 17.0 Å². The lowest BCUT2D eigenvalue weighted by molar-refractivity contribution is 0.0635. The number of nitrogens with zero attached hydrogens (tertiary/aromatic N) is 1. The van der Waals surface area contributed by atoms with Crippen LogP contribution < -0.4 is 0 Å². The largest absolute Gasteiger partial charge is 0.336 e. The van der Waals surface area contributed by atoms with Gasteiger partial charge in [-0.15, -0.1) is 0 Å². The zero-order valence-corrected chi connectivity index (χ0v) is 10.8. The van der Waals surface area contributed by atoms with Crippen LogP contribution in [0.3, 0.4) is 0 Å². The Bertz CT molecular complexity index is 382. The van der Waals surface area contributed by atoms with Crippen molar-refractivity contribution in [1.82, 2.24) is 4.90 Å². The highest BCUT2D eigenvalue weighted by Crippen LogP contribution is 2.19. The topological polar surface area (TPSA) is 20.3 Å². The van der Waals surface area contributed by atoms with E-state index in [0.29, 0.717) is 6.04 Å². The molecule has 1 saturated heterocycles. The van der Waals surface area contributed by atoms with Crippen molar-refractivity contribution in [3.8, 4) is 0 Å². The molecule has 1 heterocycles. The Hall–Kier alpha value is -1.31. The first kappa shape index (κ1) is 12.2. The number of aryl methyl sites for hydroxylation is 1. The second kappa shape index (κ2) is 5.35. The minimum Gasteiger partial charge on any atom is -0.336 e. The first-order chi connectivity index (χ1) is 8.22. The van der Waals surface area contributed by atoms with Crippen molar-refractivity contribution in [2.75, 3.05) is 6.54 Å². The molecule has 2 heteroatoms. The summed E-state index contributed by atoms with van der Waals surface area (Å²) in [5.41, 5.74) is 2.11. The summed E-state index contributed by atoms with van der Waals surface area (Å²) >= 11 is 0. The number of amides is 1. The molecule has 1 aliphatic rings. The fourth-order valence-corrected chi connectivity index (χ4v) is 2.45. The van der Waals surface area contributed by atoms with Gasteiger partial charge in [0.2, 0.25) is 0 Å². The Balaban J connectivity index is 2.12. The summed E-state index contributed by atoms with van der Waals surface area (Å²) in [7, 11) is 0. The van der Waals surface area contributed by atoms with E-state index in [9.17, 15) is 4.79 Å². The molecule has 92 valence electrons. The summed E-state index contributed by atoms with van der Waals surface area (Å²) in [6.07, 6.45) is 4.55. The number of likely N-dealkylation sites (tertiary alicyclic amines) is 1. The smallest absolute Gasteiger partial charge is 0.254 e. The number of carbonyl (C=O) groups excluding carboxylic acids is 1. The molecule has 0 N–H and O–H groups in total. The van der Waals surface area contributed by atoms with Gasteiger partial charge in [-0.2, -0.15) is 0 Å². The predicted octanol–water partition coefficient (Wildman–Crippen LogP) is 3.26. The van der Waals surface area contributed by atoms with Crippen LogP contribution in [0.25, 0.3) is 0 Å². The van der Waals surface area contributed by atoms with Gasteiger partial charge in [-0.1, -0.05) is 19.1 Å². The van der Waals surface area contributed by atoms with Crippen LogP contribution in [0, 0.1) is 0 Å². The van der Waals surface area contributed by atoms with Crippen molar-refractivity contribution in [2.24, 2.45) is 0 Å². The predicted molar refractivity (Wildman–Crippen MR) is 70.2 cm³/mol. The maximum Gasteiger partial charge on any atom is 0.254 e. The molecule has 0 aliphatic carbocycles. The van der Waals surface area contributed by atoms with Crippen molar-refractivity contribution in [1.29, 1.82) is 0 Å². The van der Waals surface area contributed by atoms with E-state index in [4.69, 9.17) is 0 Å². The van der Waals surface area contributed by atoms with Gasteiger partial charge in [0.15, 0.2) is 0 Å². The molecule has 17 heavy (non-hydrogen) atoms. The van der Waals surface area contributed by atoms with E-state index < -0.39 is 0 Å². The van der Waals surface area contributed by atoms with E-state index in [0.717, 1.165) is 31.4 Å². The number of carbonyl (C=O) groups is 1. The highest BCUT2D eigenvalue weighted by molar-refractivity contribution is 5.94. The summed E-state index contributed by atoms with van der Waals surface area (Å²) in [6.45, 7) is 5.19. The van der Waals surface area contributed by atoms with E-state index in [-0.39, 0.29) is 5.91 Å². The third-order valence-electron chi connectivity index (χ3n) is 3.67.